The van der Waals surface area contributed by atoms with Crippen molar-refractivity contribution in [3.63, 3.8) is 0 Å². The fourth-order valence-corrected chi connectivity index (χ4v) is 5.89. The van der Waals surface area contributed by atoms with Crippen LogP contribution in [-0.4, -0.2) is 57.6 Å². The fourth-order valence-electron chi connectivity index (χ4n) is 5.72. The van der Waals surface area contributed by atoms with Crippen molar-refractivity contribution in [2.24, 2.45) is 5.92 Å². The van der Waals surface area contributed by atoms with Gasteiger partial charge in [0.1, 0.15) is 0 Å². The third-order valence-corrected chi connectivity index (χ3v) is 7.98. The third-order valence-electron chi connectivity index (χ3n) is 7.75. The van der Waals surface area contributed by atoms with Crippen molar-refractivity contribution >= 4 is 17.3 Å². The summed E-state index contributed by atoms with van der Waals surface area (Å²) in [6.07, 6.45) is -6.01. The number of anilines is 1. The maximum absolute atomic E-state index is 14.0. The molecule has 208 valence electrons. The molecular formula is C28H29ClF3N3O4. The quantitative estimate of drug-likeness (QED) is 0.390. The predicted molar refractivity (Wildman–Crippen MR) is 140 cm³/mol. The second kappa shape index (κ2) is 9.85. The minimum atomic E-state index is -4.92. The molecule has 39 heavy (non-hydrogen) atoms. The van der Waals surface area contributed by atoms with Gasteiger partial charge in [-0.2, -0.15) is 18.3 Å². The van der Waals surface area contributed by atoms with E-state index in [0.717, 1.165) is 21.6 Å². The van der Waals surface area contributed by atoms with E-state index in [1.54, 1.807) is 37.5 Å². The smallest absolute Gasteiger partial charge is 0.435 e. The first-order valence-electron chi connectivity index (χ1n) is 12.5. The number of allylic oxidation sites excluding steroid dienone is 1. The second-order valence-electron chi connectivity index (χ2n) is 10.4. The van der Waals surface area contributed by atoms with Crippen LogP contribution in [0.2, 0.25) is 5.02 Å². The molecule has 2 heterocycles. The number of fused-ring (bicyclic) bond motifs is 1. The van der Waals surface area contributed by atoms with Gasteiger partial charge < -0.3 is 25.0 Å². The molecule has 0 spiro atoms. The van der Waals surface area contributed by atoms with Gasteiger partial charge in [0.25, 0.3) is 0 Å². The molecule has 1 fully saturated rings. The van der Waals surface area contributed by atoms with Crippen LogP contribution in [0.25, 0.3) is 5.69 Å². The fraction of sp³-hybridized carbons (Fsp3) is 0.393. The van der Waals surface area contributed by atoms with Crippen molar-refractivity contribution in [3.05, 3.63) is 82.1 Å². The predicted octanol–water partition coefficient (Wildman–Crippen LogP) is 5.01. The van der Waals surface area contributed by atoms with Crippen LogP contribution in [0.15, 0.2) is 60.3 Å². The zero-order valence-corrected chi connectivity index (χ0v) is 22.3. The number of halogens is 4. The van der Waals surface area contributed by atoms with E-state index in [1.165, 1.54) is 12.1 Å². The van der Waals surface area contributed by atoms with Gasteiger partial charge in [0.2, 0.25) is 5.88 Å². The Morgan fingerprint density at radius 1 is 1.10 bits per heavy atom. The molecular weight excluding hydrogens is 535 g/mol. The average Bonchev–Trinajstić information content (AvgIpc) is 3.33. The molecule has 5 rings (SSSR count). The molecule has 1 aliphatic heterocycles. The van der Waals surface area contributed by atoms with E-state index >= 15 is 0 Å². The van der Waals surface area contributed by atoms with Crippen molar-refractivity contribution in [1.82, 2.24) is 9.78 Å². The zero-order chi connectivity index (χ0) is 28.3. The van der Waals surface area contributed by atoms with Gasteiger partial charge in [-0.05, 0) is 35.9 Å². The van der Waals surface area contributed by atoms with Gasteiger partial charge >= 0.3 is 6.18 Å². The van der Waals surface area contributed by atoms with Gasteiger partial charge in [-0.15, -0.1) is 0 Å². The highest BCUT2D eigenvalue weighted by molar-refractivity contribution is 6.30. The molecule has 1 aromatic heterocycles. The van der Waals surface area contributed by atoms with Gasteiger partial charge in [-0.3, -0.25) is 0 Å². The van der Waals surface area contributed by atoms with Crippen LogP contribution < -0.4 is 4.90 Å². The number of nitrogens with zero attached hydrogens (tertiary/aromatic N) is 3. The lowest BCUT2D eigenvalue weighted by Gasteiger charge is -2.46. The van der Waals surface area contributed by atoms with E-state index in [9.17, 15) is 28.5 Å². The molecule has 2 atom stereocenters. The summed E-state index contributed by atoms with van der Waals surface area (Å²) in [6, 6.07) is 13.4. The molecule has 2 aliphatic rings. The summed E-state index contributed by atoms with van der Waals surface area (Å²) in [6.45, 7) is 4.83. The van der Waals surface area contributed by atoms with Crippen molar-refractivity contribution in [2.75, 3.05) is 25.2 Å². The van der Waals surface area contributed by atoms with E-state index in [0.29, 0.717) is 18.2 Å². The molecule has 1 aliphatic carbocycles. The standard InChI is InChI=1S/C28H29ClF3N3O4/c1-27(2)18-13-15(29)9-10-19(18)34(11-12-39-3)20(27)14-17-23(36)21(24(17)37)22-25(28(30,31)32)33-35(26(22)38)16-7-5-4-6-8-16/h4-10,13-14,17,21,23-24,36-38H,11-12H2,1-3H3. The number of aliphatic hydroxyl groups is 2. The first-order chi connectivity index (χ1) is 18.4. The van der Waals surface area contributed by atoms with E-state index in [4.69, 9.17) is 16.3 Å². The van der Waals surface area contributed by atoms with Crippen molar-refractivity contribution < 1.29 is 33.2 Å². The van der Waals surface area contributed by atoms with Gasteiger partial charge in [0, 0.05) is 47.3 Å². The summed E-state index contributed by atoms with van der Waals surface area (Å²) in [5.74, 6) is -3.05. The molecule has 2 aromatic carbocycles. The molecule has 11 heteroatoms. The summed E-state index contributed by atoms with van der Waals surface area (Å²) in [5.41, 5.74) is 0.272. The minimum Gasteiger partial charge on any atom is -0.493 e. The SMILES string of the molecule is COCCN1C(=CC2C(O)C(c3c(C(F)(F)F)nn(-c4ccccc4)c3O)C2O)C(C)(C)c2cc(Cl)ccc21. The second-order valence-corrected chi connectivity index (χ2v) is 10.8. The molecule has 0 saturated heterocycles. The molecule has 3 aromatic rings. The highest BCUT2D eigenvalue weighted by Gasteiger charge is 2.55. The Labute approximate surface area is 228 Å². The molecule has 3 N–H and O–H groups in total. The Hall–Kier alpha value is -3.05. The summed E-state index contributed by atoms with van der Waals surface area (Å²) in [4.78, 5) is 2.01. The molecule has 1 saturated carbocycles. The van der Waals surface area contributed by atoms with E-state index in [-0.39, 0.29) is 5.69 Å². The topological polar surface area (TPSA) is 91.0 Å². The number of benzene rings is 2. The van der Waals surface area contributed by atoms with Crippen LogP contribution in [0, 0.1) is 5.92 Å². The van der Waals surface area contributed by atoms with E-state index < -0.39 is 52.8 Å². The monoisotopic (exact) mass is 563 g/mol. The van der Waals surface area contributed by atoms with Crippen LogP contribution in [0.1, 0.15) is 36.6 Å². The maximum atomic E-state index is 14.0. The number of aliphatic hydroxyl groups excluding tert-OH is 2. The van der Waals surface area contributed by atoms with E-state index in [2.05, 4.69) is 5.10 Å². The van der Waals surface area contributed by atoms with Crippen molar-refractivity contribution in [3.8, 4) is 11.6 Å². The largest absolute Gasteiger partial charge is 0.493 e. The van der Waals surface area contributed by atoms with Crippen LogP contribution in [0.4, 0.5) is 18.9 Å². The first-order valence-corrected chi connectivity index (χ1v) is 12.8. The highest BCUT2D eigenvalue weighted by Crippen LogP contribution is 2.54. The van der Waals surface area contributed by atoms with Crippen molar-refractivity contribution in [1.29, 1.82) is 0 Å². The highest BCUT2D eigenvalue weighted by atomic mass is 35.5. The Bertz CT molecular complexity index is 1400. The molecule has 0 bridgehead atoms. The Morgan fingerprint density at radius 2 is 1.77 bits per heavy atom. The molecule has 0 radical (unpaired) electrons. The number of aromatic hydroxyl groups is 1. The summed E-state index contributed by atoms with van der Waals surface area (Å²) < 4.78 is 48.1. The lowest BCUT2D eigenvalue weighted by molar-refractivity contribution is -0.145. The van der Waals surface area contributed by atoms with Crippen LogP contribution >= 0.6 is 11.6 Å². The summed E-state index contributed by atoms with van der Waals surface area (Å²) in [5, 5.41) is 37.4. The summed E-state index contributed by atoms with van der Waals surface area (Å²) in [7, 11) is 1.58. The molecule has 2 unspecified atom stereocenters. The Kier molecular flexibility index (Phi) is 6.95. The number of hydrogen-bond donors (Lipinski definition) is 3. The first kappa shape index (κ1) is 27.5. The molecule has 0 amide bonds. The van der Waals surface area contributed by atoms with E-state index in [1.807, 2.05) is 30.9 Å². The normalized spacial score (nSPS) is 25.2. The number of methoxy groups -OCH3 is 1. The zero-order valence-electron chi connectivity index (χ0n) is 21.5. The van der Waals surface area contributed by atoms with Gasteiger partial charge in [0.05, 0.1) is 30.1 Å². The lowest BCUT2D eigenvalue weighted by atomic mass is 9.64. The maximum Gasteiger partial charge on any atom is 0.435 e. The molecule has 7 nitrogen and oxygen atoms in total. The Balaban J connectivity index is 1.53. The van der Waals surface area contributed by atoms with Gasteiger partial charge in [-0.25, -0.2) is 4.68 Å². The van der Waals surface area contributed by atoms with Crippen molar-refractivity contribution in [2.45, 2.75) is 43.6 Å². The summed E-state index contributed by atoms with van der Waals surface area (Å²) >= 11 is 6.27. The average molecular weight is 564 g/mol. The lowest BCUT2D eigenvalue weighted by Crippen LogP contribution is -2.53. The third kappa shape index (κ3) is 4.49. The van der Waals surface area contributed by atoms with Crippen LogP contribution in [0.3, 0.4) is 0 Å². The number of alkyl halides is 3. The number of hydrogen-bond acceptors (Lipinski definition) is 6. The van der Waals surface area contributed by atoms with Crippen LogP contribution in [0.5, 0.6) is 5.88 Å². The number of aromatic nitrogens is 2. The van der Waals surface area contributed by atoms with Crippen LogP contribution in [-0.2, 0) is 16.3 Å². The Morgan fingerprint density at radius 3 is 2.38 bits per heavy atom. The van der Waals surface area contributed by atoms with Gasteiger partial charge in [0.15, 0.2) is 5.69 Å². The van der Waals surface area contributed by atoms with Gasteiger partial charge in [-0.1, -0.05) is 49.7 Å². The number of ether oxygens (including phenoxy) is 1. The number of para-hydroxylation sites is 1. The minimum absolute atomic E-state index is 0.214. The number of rotatable bonds is 6.